The van der Waals surface area contributed by atoms with Crippen molar-refractivity contribution >= 4 is 0 Å². The number of unbranched alkanes of at least 4 members (excludes halogenated alkanes) is 2. The summed E-state index contributed by atoms with van der Waals surface area (Å²) < 4.78 is 105. The highest BCUT2D eigenvalue weighted by Gasteiger charge is 2.44. The van der Waals surface area contributed by atoms with Gasteiger partial charge in [0.05, 0.1) is 19.1 Å². The van der Waals surface area contributed by atoms with Crippen LogP contribution in [0.15, 0.2) is 48.5 Å². The van der Waals surface area contributed by atoms with Crippen LogP contribution in [0.5, 0.6) is 5.75 Å². The number of benzene rings is 3. The van der Waals surface area contributed by atoms with Crippen molar-refractivity contribution in [3.8, 4) is 22.9 Å². The van der Waals surface area contributed by atoms with E-state index >= 15 is 13.2 Å². The SMILES string of the molecule is CCCCCC1COC(c2ccc(C3CCC(C(F)(F)Oc4ccc(-c5cc(F)c(C#N)c(F)c5)c(F)c4)CC3)c(F)c2)OC1. The first-order valence-corrected chi connectivity index (χ1v) is 15.4. The van der Waals surface area contributed by atoms with Gasteiger partial charge in [-0.25, -0.2) is 17.6 Å². The molecule has 0 amide bonds. The van der Waals surface area contributed by atoms with Crippen molar-refractivity contribution in [1.29, 1.82) is 5.26 Å². The van der Waals surface area contributed by atoms with Gasteiger partial charge in [-0.15, -0.1) is 0 Å². The monoisotopic (exact) mass is 631 g/mol. The molecule has 0 N–H and O–H groups in total. The zero-order valence-electron chi connectivity index (χ0n) is 24.9. The molecule has 3 aromatic rings. The number of hydrogen-bond donors (Lipinski definition) is 0. The summed E-state index contributed by atoms with van der Waals surface area (Å²) in [5.74, 6) is -5.30. The quantitative estimate of drug-likeness (QED) is 0.165. The van der Waals surface area contributed by atoms with E-state index < -0.39 is 52.9 Å². The molecule has 1 heterocycles. The Morgan fingerprint density at radius 1 is 0.844 bits per heavy atom. The normalized spacial score (nSPS) is 22.2. The average molecular weight is 632 g/mol. The number of halogens is 6. The molecular formula is C35H35F6NO3. The van der Waals surface area contributed by atoms with Gasteiger partial charge in [0.15, 0.2) is 6.29 Å². The molecule has 10 heteroatoms. The number of rotatable bonds is 10. The molecule has 0 unspecified atom stereocenters. The van der Waals surface area contributed by atoms with Crippen LogP contribution in [0.1, 0.15) is 87.2 Å². The Bertz CT molecular complexity index is 1500. The summed E-state index contributed by atoms with van der Waals surface area (Å²) >= 11 is 0. The molecule has 2 fully saturated rings. The van der Waals surface area contributed by atoms with Gasteiger partial charge in [-0.1, -0.05) is 38.3 Å². The summed E-state index contributed by atoms with van der Waals surface area (Å²) in [7, 11) is 0. The molecule has 3 aromatic carbocycles. The highest BCUT2D eigenvalue weighted by Crippen LogP contribution is 2.44. The van der Waals surface area contributed by atoms with Crippen molar-refractivity contribution in [2.75, 3.05) is 13.2 Å². The van der Waals surface area contributed by atoms with E-state index in [9.17, 15) is 13.2 Å². The highest BCUT2D eigenvalue weighted by molar-refractivity contribution is 5.66. The topological polar surface area (TPSA) is 51.5 Å². The number of alkyl halides is 2. The van der Waals surface area contributed by atoms with Gasteiger partial charge in [-0.3, -0.25) is 0 Å². The van der Waals surface area contributed by atoms with Gasteiger partial charge in [0.2, 0.25) is 0 Å². The molecule has 1 aliphatic heterocycles. The molecule has 4 nitrogen and oxygen atoms in total. The molecule has 1 saturated carbocycles. The lowest BCUT2D eigenvalue weighted by Crippen LogP contribution is -2.37. The lowest BCUT2D eigenvalue weighted by atomic mass is 9.78. The fourth-order valence-corrected chi connectivity index (χ4v) is 6.22. The molecule has 5 rings (SSSR count). The van der Waals surface area contributed by atoms with E-state index in [0.29, 0.717) is 43.1 Å². The molecule has 0 spiro atoms. The van der Waals surface area contributed by atoms with E-state index in [4.69, 9.17) is 19.5 Å². The highest BCUT2D eigenvalue weighted by atomic mass is 19.3. The molecular weight excluding hydrogens is 596 g/mol. The van der Waals surface area contributed by atoms with Gasteiger partial charge in [-0.05, 0) is 79.5 Å². The van der Waals surface area contributed by atoms with Crippen molar-refractivity contribution in [3.63, 3.8) is 0 Å². The van der Waals surface area contributed by atoms with Gasteiger partial charge in [0.1, 0.15) is 40.7 Å². The zero-order valence-corrected chi connectivity index (χ0v) is 24.9. The van der Waals surface area contributed by atoms with E-state index in [0.717, 1.165) is 49.6 Å². The summed E-state index contributed by atoms with van der Waals surface area (Å²) in [6, 6.07) is 10.7. The molecule has 1 aliphatic carbocycles. The Kier molecular flexibility index (Phi) is 10.4. The van der Waals surface area contributed by atoms with E-state index in [1.807, 2.05) is 0 Å². The molecule has 2 aliphatic rings. The predicted molar refractivity (Wildman–Crippen MR) is 155 cm³/mol. The average Bonchev–Trinajstić information content (AvgIpc) is 3.01. The van der Waals surface area contributed by atoms with Crippen molar-refractivity contribution < 1.29 is 40.6 Å². The smallest absolute Gasteiger partial charge is 0.400 e. The van der Waals surface area contributed by atoms with E-state index in [-0.39, 0.29) is 29.9 Å². The molecule has 45 heavy (non-hydrogen) atoms. The maximum Gasteiger partial charge on any atom is 0.400 e. The fraction of sp³-hybridized carbons (Fsp3) is 0.457. The molecule has 240 valence electrons. The standard InChI is InChI=1S/C35H35F6NO3/c1-2-3-4-5-21-19-43-34(44-20-21)23-8-12-27(30(36)14-23)22-6-9-25(10-7-22)35(40,41)45-26-11-13-28(33(39)17-26)24-15-31(37)29(18-42)32(38)16-24/h8,11-17,21-22,25,34H,2-7,9-10,19-20H2,1H3. The van der Waals surface area contributed by atoms with E-state index in [1.54, 1.807) is 12.1 Å². The second kappa shape index (κ2) is 14.3. The minimum Gasteiger partial charge on any atom is -0.432 e. The third-order valence-corrected chi connectivity index (χ3v) is 8.78. The molecule has 0 radical (unpaired) electrons. The minimum absolute atomic E-state index is 0.0670. The van der Waals surface area contributed by atoms with E-state index in [1.165, 1.54) is 18.6 Å². The second-order valence-corrected chi connectivity index (χ2v) is 11.9. The Morgan fingerprint density at radius 3 is 2.13 bits per heavy atom. The van der Waals surface area contributed by atoms with Crippen LogP contribution < -0.4 is 4.74 Å². The van der Waals surface area contributed by atoms with Crippen LogP contribution in [0.25, 0.3) is 11.1 Å². The molecule has 0 atom stereocenters. The van der Waals surface area contributed by atoms with Crippen LogP contribution in [-0.4, -0.2) is 19.3 Å². The summed E-state index contributed by atoms with van der Waals surface area (Å²) in [4.78, 5) is 0. The fourth-order valence-electron chi connectivity index (χ4n) is 6.22. The zero-order chi connectivity index (χ0) is 32.1. The maximum atomic E-state index is 15.2. The van der Waals surface area contributed by atoms with Gasteiger partial charge in [-0.2, -0.15) is 14.0 Å². The molecule has 0 aromatic heterocycles. The predicted octanol–water partition coefficient (Wildman–Crippen LogP) is 9.97. The van der Waals surface area contributed by atoms with Crippen LogP contribution in [0.2, 0.25) is 0 Å². The Balaban J connectivity index is 1.16. The van der Waals surface area contributed by atoms with Crippen LogP contribution >= 0.6 is 0 Å². The van der Waals surface area contributed by atoms with Crippen LogP contribution in [0.4, 0.5) is 26.3 Å². The third kappa shape index (κ3) is 7.64. The van der Waals surface area contributed by atoms with Crippen LogP contribution in [0, 0.1) is 46.4 Å². The third-order valence-electron chi connectivity index (χ3n) is 8.78. The number of ether oxygens (including phenoxy) is 3. The number of hydrogen-bond acceptors (Lipinski definition) is 4. The first kappa shape index (κ1) is 32.8. The minimum atomic E-state index is -3.63. The van der Waals surface area contributed by atoms with Crippen molar-refractivity contribution in [1.82, 2.24) is 0 Å². The number of nitrogens with zero attached hydrogens (tertiary/aromatic N) is 1. The summed E-state index contributed by atoms with van der Waals surface area (Å²) in [6.07, 6.45) is 0.992. The van der Waals surface area contributed by atoms with Crippen molar-refractivity contribution in [3.05, 3.63) is 88.5 Å². The first-order valence-electron chi connectivity index (χ1n) is 15.4. The van der Waals surface area contributed by atoms with Crippen LogP contribution in [0.3, 0.4) is 0 Å². The van der Waals surface area contributed by atoms with Gasteiger partial charge >= 0.3 is 6.11 Å². The lowest BCUT2D eigenvalue weighted by molar-refractivity contribution is -0.222. The Hall–Kier alpha value is -3.55. The van der Waals surface area contributed by atoms with Gasteiger partial charge in [0.25, 0.3) is 0 Å². The Labute approximate surface area is 258 Å². The van der Waals surface area contributed by atoms with Crippen LogP contribution in [-0.2, 0) is 9.47 Å². The second-order valence-electron chi connectivity index (χ2n) is 11.9. The van der Waals surface area contributed by atoms with Crippen molar-refractivity contribution in [2.24, 2.45) is 11.8 Å². The van der Waals surface area contributed by atoms with Crippen molar-refractivity contribution in [2.45, 2.75) is 76.6 Å². The lowest BCUT2D eigenvalue weighted by Gasteiger charge is -2.34. The summed E-state index contributed by atoms with van der Waals surface area (Å²) in [5.41, 5.74) is -0.186. The van der Waals surface area contributed by atoms with Gasteiger partial charge in [0, 0.05) is 23.1 Å². The summed E-state index contributed by atoms with van der Waals surface area (Å²) in [6.45, 7) is 3.28. The van der Waals surface area contributed by atoms with E-state index in [2.05, 4.69) is 6.92 Å². The summed E-state index contributed by atoms with van der Waals surface area (Å²) in [5, 5.41) is 8.82. The molecule has 1 saturated heterocycles. The molecule has 0 bridgehead atoms. The van der Waals surface area contributed by atoms with Gasteiger partial charge < -0.3 is 14.2 Å². The Morgan fingerprint density at radius 2 is 1.53 bits per heavy atom. The number of nitriles is 1. The first-order chi connectivity index (χ1) is 21.6. The maximum absolute atomic E-state index is 15.2. The largest absolute Gasteiger partial charge is 0.432 e.